The van der Waals surface area contributed by atoms with E-state index in [2.05, 4.69) is 164 Å². The monoisotopic (exact) mass is 749 g/mol. The Labute approximate surface area is 331 Å². The molecule has 0 bridgehead atoms. The Kier molecular flexibility index (Phi) is 7.87. The van der Waals surface area contributed by atoms with Crippen molar-refractivity contribution >= 4 is 63.0 Å². The number of aromatic nitrogens is 3. The lowest BCUT2D eigenvalue weighted by Gasteiger charge is -2.10. The number of benzene rings is 8. The minimum atomic E-state index is 0.650. The van der Waals surface area contributed by atoms with Gasteiger partial charge in [-0.25, -0.2) is 15.0 Å². The lowest BCUT2D eigenvalue weighted by Crippen LogP contribution is -2.00. The van der Waals surface area contributed by atoms with Crippen LogP contribution in [0.1, 0.15) is 0 Å². The third kappa shape index (κ3) is 5.68. The number of rotatable bonds is 6. The van der Waals surface area contributed by atoms with Crippen molar-refractivity contribution in [2.24, 2.45) is 0 Å². The predicted molar refractivity (Wildman–Crippen MR) is 238 cm³/mol. The average Bonchev–Trinajstić information content (AvgIpc) is 3.85. The quantitative estimate of drug-likeness (QED) is 0.170. The van der Waals surface area contributed by atoms with Crippen molar-refractivity contribution in [3.8, 4) is 67.5 Å². The zero-order valence-corrected chi connectivity index (χ0v) is 31.7. The number of fused-ring (bicyclic) bond motifs is 6. The number of hydrogen-bond donors (Lipinski definition) is 0. The molecular weight excluding hydrogens is 719 g/mol. The van der Waals surface area contributed by atoms with E-state index in [0.717, 1.165) is 32.5 Å². The van der Waals surface area contributed by atoms with Crippen LogP contribution in [-0.2, 0) is 0 Å². The molecule has 5 heteroatoms. The topological polar surface area (TPSA) is 38.7 Å². The normalized spacial score (nSPS) is 11.6. The second kappa shape index (κ2) is 13.5. The summed E-state index contributed by atoms with van der Waals surface area (Å²) in [6.07, 6.45) is 0. The molecule has 0 aliphatic heterocycles. The zero-order chi connectivity index (χ0) is 37.0. The highest BCUT2D eigenvalue weighted by atomic mass is 32.1. The third-order valence-corrected chi connectivity index (χ3v) is 12.9. The van der Waals surface area contributed by atoms with Crippen molar-refractivity contribution in [2.75, 3.05) is 0 Å². The first-order chi connectivity index (χ1) is 27.7. The summed E-state index contributed by atoms with van der Waals surface area (Å²) in [6.45, 7) is 0. The smallest absolute Gasteiger partial charge is 0.165 e. The summed E-state index contributed by atoms with van der Waals surface area (Å²) >= 11 is 3.67. The summed E-state index contributed by atoms with van der Waals surface area (Å²) in [5, 5.41) is 5.04. The zero-order valence-electron chi connectivity index (χ0n) is 30.1. The molecule has 0 aliphatic carbocycles. The SMILES string of the molecule is c1ccc(-c2cccc(-c3nc(-c4ccccc4)nc(-c4cccc5c4sc4ccc(-c6cc(-c7ccccc7)cc7sc8ccccc8c67)cc45)n3)c2)cc1. The second-order valence-corrected chi connectivity index (χ2v) is 16.1. The van der Waals surface area contributed by atoms with Gasteiger partial charge in [0.1, 0.15) is 0 Å². The highest BCUT2D eigenvalue weighted by Crippen LogP contribution is 2.46. The van der Waals surface area contributed by atoms with Crippen LogP contribution < -0.4 is 0 Å². The lowest BCUT2D eigenvalue weighted by atomic mass is 9.94. The first-order valence-electron chi connectivity index (χ1n) is 18.7. The molecule has 0 saturated heterocycles. The van der Waals surface area contributed by atoms with Crippen LogP contribution in [0.25, 0.3) is 108 Å². The molecule has 0 aliphatic rings. The molecule has 0 spiro atoms. The van der Waals surface area contributed by atoms with Gasteiger partial charge < -0.3 is 0 Å². The fourth-order valence-corrected chi connectivity index (χ4v) is 10.2. The molecule has 8 aromatic carbocycles. The van der Waals surface area contributed by atoms with Crippen molar-refractivity contribution in [1.29, 1.82) is 0 Å². The molecule has 262 valence electrons. The fraction of sp³-hybridized carbons (Fsp3) is 0. The molecule has 11 aromatic rings. The van der Waals surface area contributed by atoms with E-state index in [-0.39, 0.29) is 0 Å². The number of nitrogens with zero attached hydrogens (tertiary/aromatic N) is 3. The van der Waals surface area contributed by atoms with Crippen LogP contribution in [0.3, 0.4) is 0 Å². The summed E-state index contributed by atoms with van der Waals surface area (Å²) in [5.74, 6) is 1.97. The van der Waals surface area contributed by atoms with E-state index in [1.807, 2.05) is 35.6 Å². The molecule has 0 atom stereocenters. The number of hydrogen-bond acceptors (Lipinski definition) is 5. The summed E-state index contributed by atoms with van der Waals surface area (Å²) in [7, 11) is 0. The fourth-order valence-electron chi connectivity index (χ4n) is 7.83. The van der Waals surface area contributed by atoms with Gasteiger partial charge in [-0.2, -0.15) is 0 Å². The molecule has 0 saturated carbocycles. The molecular formula is C51H31N3S2. The molecule has 56 heavy (non-hydrogen) atoms. The van der Waals surface area contributed by atoms with Crippen LogP contribution in [0.15, 0.2) is 188 Å². The molecule has 3 heterocycles. The Balaban J connectivity index is 1.09. The molecule has 3 nitrogen and oxygen atoms in total. The van der Waals surface area contributed by atoms with Crippen molar-refractivity contribution < 1.29 is 0 Å². The van der Waals surface area contributed by atoms with Gasteiger partial charge in [0.25, 0.3) is 0 Å². The van der Waals surface area contributed by atoms with Gasteiger partial charge in [0.05, 0.1) is 0 Å². The van der Waals surface area contributed by atoms with Crippen LogP contribution in [-0.4, -0.2) is 15.0 Å². The largest absolute Gasteiger partial charge is 0.208 e. The molecule has 0 fully saturated rings. The Bertz CT molecular complexity index is 3240. The molecule has 11 rings (SSSR count). The maximum atomic E-state index is 5.20. The van der Waals surface area contributed by atoms with Gasteiger partial charge in [0.15, 0.2) is 17.5 Å². The Hall–Kier alpha value is -6.79. The maximum absolute atomic E-state index is 5.20. The second-order valence-electron chi connectivity index (χ2n) is 14.0. The first-order valence-corrected chi connectivity index (χ1v) is 20.3. The van der Waals surface area contributed by atoms with Gasteiger partial charge in [0.2, 0.25) is 0 Å². The molecule has 3 aromatic heterocycles. The highest BCUT2D eigenvalue weighted by molar-refractivity contribution is 7.26. The Morgan fingerprint density at radius 2 is 0.875 bits per heavy atom. The van der Waals surface area contributed by atoms with Crippen LogP contribution in [0.4, 0.5) is 0 Å². The Morgan fingerprint density at radius 1 is 0.286 bits per heavy atom. The van der Waals surface area contributed by atoms with Crippen molar-refractivity contribution in [3.05, 3.63) is 188 Å². The van der Waals surface area contributed by atoms with Crippen molar-refractivity contribution in [1.82, 2.24) is 15.0 Å². The summed E-state index contributed by atoms with van der Waals surface area (Å²) < 4.78 is 5.00. The highest BCUT2D eigenvalue weighted by Gasteiger charge is 2.19. The van der Waals surface area contributed by atoms with Gasteiger partial charge in [-0.05, 0) is 75.8 Å². The van der Waals surface area contributed by atoms with E-state index < -0.39 is 0 Å². The van der Waals surface area contributed by atoms with E-state index in [9.17, 15) is 0 Å². The van der Waals surface area contributed by atoms with E-state index in [0.29, 0.717) is 17.5 Å². The standard InChI is InChI=1S/C51H31N3S2/c1-4-14-32(15-5-1)35-20-12-21-37(28-35)50-52-49(34-18-8-3-9-19-34)53-51(54-50)41-24-13-23-39-43-29-36(26-27-45(43)56-48(39)41)42-30-38(33-16-6-2-7-17-33)31-46-47(42)40-22-10-11-25-44(40)55-46/h1-31H. The van der Waals surface area contributed by atoms with E-state index in [1.54, 1.807) is 11.3 Å². The summed E-state index contributed by atoms with van der Waals surface area (Å²) in [4.78, 5) is 15.4. The lowest BCUT2D eigenvalue weighted by molar-refractivity contribution is 1.08. The molecule has 0 amide bonds. The number of thiophene rings is 2. The van der Waals surface area contributed by atoms with Crippen molar-refractivity contribution in [2.45, 2.75) is 0 Å². The van der Waals surface area contributed by atoms with Gasteiger partial charge in [-0.1, -0.05) is 146 Å². The van der Waals surface area contributed by atoms with Crippen LogP contribution in [0.2, 0.25) is 0 Å². The van der Waals surface area contributed by atoms with Gasteiger partial charge in [0, 0.05) is 57.0 Å². The molecule has 0 radical (unpaired) electrons. The van der Waals surface area contributed by atoms with E-state index in [1.165, 1.54) is 57.9 Å². The average molecular weight is 750 g/mol. The Morgan fingerprint density at radius 3 is 1.66 bits per heavy atom. The minimum absolute atomic E-state index is 0.650. The van der Waals surface area contributed by atoms with E-state index in [4.69, 9.17) is 15.0 Å². The minimum Gasteiger partial charge on any atom is -0.208 e. The van der Waals surface area contributed by atoms with Gasteiger partial charge in [-0.15, -0.1) is 22.7 Å². The van der Waals surface area contributed by atoms with Crippen LogP contribution in [0, 0.1) is 0 Å². The van der Waals surface area contributed by atoms with Crippen LogP contribution >= 0.6 is 22.7 Å². The molecule has 0 unspecified atom stereocenters. The molecule has 0 N–H and O–H groups in total. The summed E-state index contributed by atoms with van der Waals surface area (Å²) in [6, 6.07) is 66.8. The van der Waals surface area contributed by atoms with Gasteiger partial charge in [-0.3, -0.25) is 0 Å². The van der Waals surface area contributed by atoms with Crippen LogP contribution in [0.5, 0.6) is 0 Å². The van der Waals surface area contributed by atoms with E-state index >= 15 is 0 Å². The predicted octanol–water partition coefficient (Wildman–Crippen LogP) is 14.6. The first kappa shape index (κ1) is 32.6. The van der Waals surface area contributed by atoms with Gasteiger partial charge >= 0.3 is 0 Å². The van der Waals surface area contributed by atoms with Crippen molar-refractivity contribution in [3.63, 3.8) is 0 Å². The third-order valence-electron chi connectivity index (χ3n) is 10.5. The summed E-state index contributed by atoms with van der Waals surface area (Å²) in [5.41, 5.74) is 10.1. The maximum Gasteiger partial charge on any atom is 0.165 e.